The lowest BCUT2D eigenvalue weighted by Crippen LogP contribution is -2.28. The van der Waals surface area contributed by atoms with Gasteiger partial charge in [0.2, 0.25) is 0 Å². The van der Waals surface area contributed by atoms with Gasteiger partial charge < -0.3 is 4.55 Å². The maximum absolute atomic E-state index is 8.72. The van der Waals surface area contributed by atoms with Crippen LogP contribution in [0.4, 0.5) is 0 Å². The number of benzene rings is 3. The van der Waals surface area contributed by atoms with Crippen LogP contribution in [0.3, 0.4) is 0 Å². The molecule has 0 amide bonds. The lowest BCUT2D eigenvalue weighted by Gasteiger charge is -2.34. The van der Waals surface area contributed by atoms with E-state index in [0.29, 0.717) is 6.04 Å². The van der Waals surface area contributed by atoms with E-state index in [-0.39, 0.29) is 16.3 Å². The molecule has 2 nitrogen and oxygen atoms in total. The van der Waals surface area contributed by atoms with Crippen LogP contribution in [0.5, 0.6) is 0 Å². The van der Waals surface area contributed by atoms with Gasteiger partial charge in [-0.15, -0.1) is 0 Å². The molecule has 4 heteroatoms. The second kappa shape index (κ2) is 15.2. The van der Waals surface area contributed by atoms with Crippen molar-refractivity contribution in [3.05, 3.63) is 90.5 Å². The van der Waals surface area contributed by atoms with Crippen molar-refractivity contribution in [3.63, 3.8) is 0 Å². The Morgan fingerprint density at radius 3 is 1.79 bits per heavy atom. The Bertz CT molecular complexity index is 1010. The van der Waals surface area contributed by atoms with E-state index in [4.69, 9.17) is 4.55 Å². The molecule has 0 aromatic heterocycles. The van der Waals surface area contributed by atoms with E-state index < -0.39 is 0 Å². The highest BCUT2D eigenvalue weighted by atomic mass is 32.2. The number of rotatable bonds is 8. The molecule has 0 aliphatic heterocycles. The molecule has 3 aromatic carbocycles. The van der Waals surface area contributed by atoms with E-state index in [1.165, 1.54) is 52.4 Å². The second-order valence-electron chi connectivity index (χ2n) is 12.0. The Kier molecular flexibility index (Phi) is 12.3. The zero-order valence-corrected chi connectivity index (χ0v) is 25.8. The van der Waals surface area contributed by atoms with Crippen LogP contribution in [0, 0.1) is 17.8 Å². The average molecular weight is 551 g/mol. The van der Waals surface area contributed by atoms with Gasteiger partial charge in [-0.25, -0.2) is 4.72 Å². The molecule has 1 aliphatic rings. The van der Waals surface area contributed by atoms with Crippen LogP contribution in [-0.4, -0.2) is 10.6 Å². The molecule has 4 unspecified atom stereocenters. The molecule has 2 N–H and O–H groups in total. The van der Waals surface area contributed by atoms with Gasteiger partial charge in [-0.05, 0) is 97.7 Å². The molecule has 206 valence electrons. The van der Waals surface area contributed by atoms with Crippen molar-refractivity contribution in [1.82, 2.24) is 4.72 Å². The second-order valence-corrected chi connectivity index (χ2v) is 14.4. The molecule has 1 saturated carbocycles. The van der Waals surface area contributed by atoms with E-state index in [9.17, 15) is 0 Å². The normalized spacial score (nSPS) is 20.5. The summed E-state index contributed by atoms with van der Waals surface area (Å²) in [6.07, 6.45) is 6.72. The van der Waals surface area contributed by atoms with Crippen LogP contribution in [0.25, 0.3) is 0 Å². The minimum atomic E-state index is -0.0497. The quantitative estimate of drug-likeness (QED) is 0.166. The Morgan fingerprint density at radius 1 is 0.816 bits per heavy atom. The number of hydrogen-bond donors (Lipinski definition) is 2. The fourth-order valence-electron chi connectivity index (χ4n) is 5.67. The van der Waals surface area contributed by atoms with Crippen molar-refractivity contribution in [2.75, 3.05) is 0 Å². The first kappa shape index (κ1) is 30.8. The molecule has 4 rings (SSSR count). The highest BCUT2D eigenvalue weighted by Gasteiger charge is 2.29. The van der Waals surface area contributed by atoms with Crippen molar-refractivity contribution < 1.29 is 4.55 Å². The Morgan fingerprint density at radius 2 is 1.32 bits per heavy atom. The summed E-state index contributed by atoms with van der Waals surface area (Å²) < 4.78 is 11.7. The van der Waals surface area contributed by atoms with Crippen molar-refractivity contribution >= 4 is 23.1 Å². The average Bonchev–Trinajstić information content (AvgIpc) is 2.90. The van der Waals surface area contributed by atoms with E-state index in [0.717, 1.165) is 30.0 Å². The Hall–Kier alpha value is -1.72. The Labute approximate surface area is 239 Å². The molecule has 3 aromatic rings. The van der Waals surface area contributed by atoms with Crippen molar-refractivity contribution in [2.24, 2.45) is 17.8 Å². The van der Waals surface area contributed by atoms with Crippen molar-refractivity contribution in [1.29, 1.82) is 0 Å². The largest absolute Gasteiger partial charge is 0.317 e. The van der Waals surface area contributed by atoms with Gasteiger partial charge in [0.25, 0.3) is 0 Å². The maximum atomic E-state index is 8.72. The van der Waals surface area contributed by atoms with Gasteiger partial charge in [-0.1, -0.05) is 89.6 Å². The summed E-state index contributed by atoms with van der Waals surface area (Å²) in [7, 11) is -0.0497. The minimum absolute atomic E-state index is 0.0497. The zero-order valence-electron chi connectivity index (χ0n) is 24.2. The van der Waals surface area contributed by atoms with Gasteiger partial charge in [0.15, 0.2) is 14.7 Å². The van der Waals surface area contributed by atoms with Gasteiger partial charge in [-0.2, -0.15) is 0 Å². The van der Waals surface area contributed by atoms with E-state index >= 15 is 0 Å². The first-order valence-corrected chi connectivity index (χ1v) is 16.2. The zero-order chi connectivity index (χ0) is 27.5. The topological polar surface area (TPSA) is 32.3 Å². The predicted molar refractivity (Wildman–Crippen MR) is 168 cm³/mol. The molecule has 1 fully saturated rings. The molecule has 0 saturated heterocycles. The predicted octanol–water partition coefficient (Wildman–Crippen LogP) is 10.0. The van der Waals surface area contributed by atoms with Gasteiger partial charge in [0, 0.05) is 6.04 Å². The third-order valence-corrected chi connectivity index (χ3v) is 10.3. The van der Waals surface area contributed by atoms with Gasteiger partial charge in [-0.3, -0.25) is 0 Å². The molecule has 0 bridgehead atoms. The maximum Gasteiger partial charge on any atom is 0.166 e. The van der Waals surface area contributed by atoms with Crippen LogP contribution >= 0.6 is 12.2 Å². The SMILES string of the molecule is CC(C)(C)c1ccc([S+](c2ccccc2)c2ccccc2)cc1.CCC1CC(C)CC(CC(C)NSO)C1. The van der Waals surface area contributed by atoms with Gasteiger partial charge >= 0.3 is 0 Å². The van der Waals surface area contributed by atoms with E-state index in [1.54, 1.807) is 0 Å². The summed E-state index contributed by atoms with van der Waals surface area (Å²) in [5.74, 6) is 2.68. The van der Waals surface area contributed by atoms with E-state index in [1.807, 2.05) is 0 Å². The summed E-state index contributed by atoms with van der Waals surface area (Å²) >= 11 is 0.756. The highest BCUT2D eigenvalue weighted by Crippen LogP contribution is 2.37. The standard InChI is InChI=1S/C22H23S.C12H25NOS/c1-22(2,3)18-14-16-21(17-15-18)23(19-10-6-4-7-11-19)20-12-8-5-9-13-20;1-4-11-5-9(2)6-12(8-11)7-10(3)13-15-14/h4-17H,1-3H3;9-14H,4-8H2,1-3H3/q+1;. The summed E-state index contributed by atoms with van der Waals surface area (Å²) in [4.78, 5) is 4.10. The fraction of sp³-hybridized carbons (Fsp3) is 0.471. The third kappa shape index (κ3) is 9.48. The number of nitrogens with one attached hydrogen (secondary N) is 1. The van der Waals surface area contributed by atoms with Crippen LogP contribution in [-0.2, 0) is 16.3 Å². The monoisotopic (exact) mass is 550 g/mol. The van der Waals surface area contributed by atoms with Crippen LogP contribution in [0.2, 0.25) is 0 Å². The van der Waals surface area contributed by atoms with Crippen molar-refractivity contribution in [3.8, 4) is 0 Å². The molecular weight excluding hydrogens is 503 g/mol. The summed E-state index contributed by atoms with van der Waals surface area (Å²) in [5, 5.41) is 0. The van der Waals surface area contributed by atoms with Crippen molar-refractivity contribution in [2.45, 2.75) is 99.8 Å². The molecule has 0 heterocycles. The third-order valence-electron chi connectivity index (χ3n) is 7.57. The number of hydrogen-bond acceptors (Lipinski definition) is 3. The van der Waals surface area contributed by atoms with Crippen LogP contribution in [0.15, 0.2) is 99.6 Å². The molecule has 1 aliphatic carbocycles. The first-order valence-electron chi connectivity index (χ1n) is 14.2. The first-order chi connectivity index (χ1) is 18.2. The molecule has 38 heavy (non-hydrogen) atoms. The molecule has 4 atom stereocenters. The Balaban J connectivity index is 0.000000232. The summed E-state index contributed by atoms with van der Waals surface area (Å²) in [5.41, 5.74) is 1.57. The lowest BCUT2D eigenvalue weighted by atomic mass is 9.73. The minimum Gasteiger partial charge on any atom is -0.317 e. The van der Waals surface area contributed by atoms with E-state index in [2.05, 4.69) is 131 Å². The molecule has 0 radical (unpaired) electrons. The molecular formula is C34H48NOS2+. The van der Waals surface area contributed by atoms with Crippen LogP contribution in [0.1, 0.15) is 79.2 Å². The van der Waals surface area contributed by atoms with Gasteiger partial charge in [0.05, 0.1) is 23.1 Å². The smallest absolute Gasteiger partial charge is 0.166 e. The fourth-order valence-corrected chi connectivity index (χ4v) is 8.03. The lowest BCUT2D eigenvalue weighted by molar-refractivity contribution is 0.186. The van der Waals surface area contributed by atoms with Gasteiger partial charge in [0.1, 0.15) is 0 Å². The molecule has 0 spiro atoms. The summed E-state index contributed by atoms with van der Waals surface area (Å²) in [6, 6.07) is 31.2. The summed E-state index contributed by atoms with van der Waals surface area (Å²) in [6.45, 7) is 13.6. The van der Waals surface area contributed by atoms with Crippen LogP contribution < -0.4 is 4.72 Å². The highest BCUT2D eigenvalue weighted by molar-refractivity contribution is 7.97.